The number of carboxylic acid groups (broad SMARTS) is 1. The fourth-order valence-corrected chi connectivity index (χ4v) is 1.44. The minimum atomic E-state index is -0.746. The van der Waals surface area contributed by atoms with E-state index in [2.05, 4.69) is 20.4 Å². The van der Waals surface area contributed by atoms with E-state index in [-0.39, 0.29) is 5.92 Å². The van der Waals surface area contributed by atoms with Gasteiger partial charge in [-0.2, -0.15) is 0 Å². The second-order valence-corrected chi connectivity index (χ2v) is 4.21. The maximum Gasteiger partial charge on any atom is 0.310 e. The van der Waals surface area contributed by atoms with Crippen LogP contribution in [0.5, 0.6) is 0 Å². The van der Waals surface area contributed by atoms with Gasteiger partial charge in [0.25, 0.3) is 0 Å². The summed E-state index contributed by atoms with van der Waals surface area (Å²) in [4.78, 5) is 10.6. The molecule has 0 bridgehead atoms. The van der Waals surface area contributed by atoms with E-state index in [9.17, 15) is 4.79 Å². The summed E-state index contributed by atoms with van der Waals surface area (Å²) in [5, 5.41) is 8.75. The second-order valence-electron chi connectivity index (χ2n) is 4.21. The van der Waals surface area contributed by atoms with Gasteiger partial charge in [0.2, 0.25) is 0 Å². The van der Waals surface area contributed by atoms with Gasteiger partial charge in [0, 0.05) is 0 Å². The molecule has 0 saturated carbocycles. The number of hydrogen-bond donors (Lipinski definition) is 1. The van der Waals surface area contributed by atoms with Crippen LogP contribution >= 0.6 is 0 Å². The molecule has 0 aromatic carbocycles. The Balaban J connectivity index is 3.43. The second kappa shape index (κ2) is 7.60. The van der Waals surface area contributed by atoms with Crippen LogP contribution in [0.1, 0.15) is 46.0 Å². The number of carboxylic acids is 1. The van der Waals surface area contributed by atoms with E-state index >= 15 is 0 Å². The van der Waals surface area contributed by atoms with Crippen molar-refractivity contribution in [1.82, 2.24) is 0 Å². The summed E-state index contributed by atoms with van der Waals surface area (Å²) in [6, 6.07) is 0. The number of hydrogen-bond acceptors (Lipinski definition) is 1. The zero-order valence-electron chi connectivity index (χ0n) is 9.33. The highest BCUT2D eigenvalue weighted by Gasteiger charge is 2.11. The molecule has 2 nitrogen and oxygen atoms in total. The third-order valence-corrected chi connectivity index (χ3v) is 2.40. The Labute approximate surface area is 87.0 Å². The predicted molar refractivity (Wildman–Crippen MR) is 59.2 cm³/mol. The number of carbonyl (C=O) groups is 1. The average molecular weight is 198 g/mol. The summed E-state index contributed by atoms with van der Waals surface area (Å²) in [5.74, 6) is -0.345. The van der Waals surface area contributed by atoms with Crippen LogP contribution in [0, 0.1) is 11.8 Å². The van der Waals surface area contributed by atoms with E-state index in [1.807, 2.05) is 0 Å². The first-order valence-corrected chi connectivity index (χ1v) is 5.43. The van der Waals surface area contributed by atoms with Crippen molar-refractivity contribution < 1.29 is 9.90 Å². The average Bonchev–Trinajstić information content (AvgIpc) is 2.10. The molecule has 0 aliphatic carbocycles. The number of unbranched alkanes of at least 4 members (excludes halogenated alkanes) is 2. The van der Waals surface area contributed by atoms with Crippen molar-refractivity contribution >= 4 is 5.97 Å². The van der Waals surface area contributed by atoms with Gasteiger partial charge in [0.15, 0.2) is 0 Å². The Morgan fingerprint density at radius 3 is 2.29 bits per heavy atom. The molecule has 1 N–H and O–H groups in total. The standard InChI is InChI=1S/C12H22O2/c1-4-11(12(13)14)9-7-5-6-8-10(2)3/h4,10-11H,1,5-9H2,2-3H3,(H,13,14). The molecule has 2 heteroatoms. The first-order valence-electron chi connectivity index (χ1n) is 5.43. The Kier molecular flexibility index (Phi) is 7.17. The van der Waals surface area contributed by atoms with Gasteiger partial charge in [0.05, 0.1) is 5.92 Å². The fraction of sp³-hybridized carbons (Fsp3) is 0.750. The van der Waals surface area contributed by atoms with Gasteiger partial charge in [-0.15, -0.1) is 6.58 Å². The lowest BCUT2D eigenvalue weighted by atomic mass is 9.99. The molecular formula is C12H22O2. The van der Waals surface area contributed by atoms with Crippen LogP contribution in [-0.4, -0.2) is 11.1 Å². The van der Waals surface area contributed by atoms with Crippen LogP contribution in [0.15, 0.2) is 12.7 Å². The summed E-state index contributed by atoms with van der Waals surface area (Å²) < 4.78 is 0. The summed E-state index contributed by atoms with van der Waals surface area (Å²) in [7, 11) is 0. The van der Waals surface area contributed by atoms with E-state index in [0.717, 1.165) is 25.2 Å². The monoisotopic (exact) mass is 198 g/mol. The molecule has 1 atom stereocenters. The van der Waals surface area contributed by atoms with Crippen molar-refractivity contribution in [3.63, 3.8) is 0 Å². The Hall–Kier alpha value is -0.790. The summed E-state index contributed by atoms with van der Waals surface area (Å²) in [6.45, 7) is 7.95. The molecule has 0 aromatic rings. The highest BCUT2D eigenvalue weighted by Crippen LogP contribution is 2.14. The largest absolute Gasteiger partial charge is 0.481 e. The molecule has 14 heavy (non-hydrogen) atoms. The van der Waals surface area contributed by atoms with E-state index in [4.69, 9.17) is 5.11 Å². The fourth-order valence-electron chi connectivity index (χ4n) is 1.44. The number of rotatable bonds is 8. The smallest absolute Gasteiger partial charge is 0.310 e. The molecule has 0 spiro atoms. The summed E-state index contributed by atoms with van der Waals surface area (Å²) in [6.07, 6.45) is 6.85. The molecule has 0 rings (SSSR count). The molecule has 0 aromatic heterocycles. The van der Waals surface area contributed by atoms with Crippen molar-refractivity contribution in [3.8, 4) is 0 Å². The summed E-state index contributed by atoms with van der Waals surface area (Å²) >= 11 is 0. The molecule has 82 valence electrons. The van der Waals surface area contributed by atoms with E-state index < -0.39 is 5.97 Å². The minimum absolute atomic E-state index is 0.353. The molecule has 1 unspecified atom stereocenters. The van der Waals surface area contributed by atoms with Gasteiger partial charge in [-0.1, -0.05) is 45.6 Å². The third-order valence-electron chi connectivity index (χ3n) is 2.40. The van der Waals surface area contributed by atoms with Crippen LogP contribution in [0.25, 0.3) is 0 Å². The minimum Gasteiger partial charge on any atom is -0.481 e. The molecule has 0 radical (unpaired) electrons. The van der Waals surface area contributed by atoms with Crippen LogP contribution in [0.4, 0.5) is 0 Å². The maximum atomic E-state index is 10.6. The molecule has 0 saturated heterocycles. The van der Waals surface area contributed by atoms with Crippen molar-refractivity contribution in [1.29, 1.82) is 0 Å². The molecule has 0 aliphatic heterocycles. The van der Waals surface area contributed by atoms with Crippen molar-refractivity contribution in [3.05, 3.63) is 12.7 Å². The topological polar surface area (TPSA) is 37.3 Å². The zero-order chi connectivity index (χ0) is 11.0. The Morgan fingerprint density at radius 1 is 1.29 bits per heavy atom. The van der Waals surface area contributed by atoms with Gasteiger partial charge in [-0.25, -0.2) is 0 Å². The lowest BCUT2D eigenvalue weighted by molar-refractivity contribution is -0.140. The Bertz CT molecular complexity index is 173. The molecule has 0 aliphatic rings. The number of aliphatic carboxylic acids is 1. The van der Waals surface area contributed by atoms with Gasteiger partial charge < -0.3 is 5.11 Å². The molecular weight excluding hydrogens is 176 g/mol. The van der Waals surface area contributed by atoms with E-state index in [1.165, 1.54) is 18.9 Å². The first-order chi connectivity index (χ1) is 6.57. The lowest BCUT2D eigenvalue weighted by Crippen LogP contribution is -2.10. The third kappa shape index (κ3) is 6.70. The van der Waals surface area contributed by atoms with Crippen LogP contribution in [-0.2, 0) is 4.79 Å². The van der Waals surface area contributed by atoms with Crippen LogP contribution in [0.2, 0.25) is 0 Å². The van der Waals surface area contributed by atoms with Crippen molar-refractivity contribution in [2.45, 2.75) is 46.0 Å². The highest BCUT2D eigenvalue weighted by molar-refractivity contribution is 5.71. The zero-order valence-corrected chi connectivity index (χ0v) is 9.33. The van der Waals surface area contributed by atoms with E-state index in [0.29, 0.717) is 0 Å². The normalized spacial score (nSPS) is 12.8. The van der Waals surface area contributed by atoms with Gasteiger partial charge in [-0.3, -0.25) is 4.79 Å². The van der Waals surface area contributed by atoms with E-state index in [1.54, 1.807) is 0 Å². The van der Waals surface area contributed by atoms with Crippen molar-refractivity contribution in [2.75, 3.05) is 0 Å². The van der Waals surface area contributed by atoms with Crippen molar-refractivity contribution in [2.24, 2.45) is 11.8 Å². The van der Waals surface area contributed by atoms with Crippen LogP contribution in [0.3, 0.4) is 0 Å². The predicted octanol–water partition coefficient (Wildman–Crippen LogP) is 3.48. The quantitative estimate of drug-likeness (QED) is 0.479. The summed E-state index contributed by atoms with van der Waals surface area (Å²) in [5.41, 5.74) is 0. The van der Waals surface area contributed by atoms with Gasteiger partial charge in [-0.05, 0) is 12.3 Å². The first kappa shape index (κ1) is 13.2. The van der Waals surface area contributed by atoms with Gasteiger partial charge in [0.1, 0.15) is 0 Å². The highest BCUT2D eigenvalue weighted by atomic mass is 16.4. The molecule has 0 amide bonds. The lowest BCUT2D eigenvalue weighted by Gasteiger charge is -2.07. The van der Waals surface area contributed by atoms with Gasteiger partial charge >= 0.3 is 5.97 Å². The molecule has 0 heterocycles. The van der Waals surface area contributed by atoms with Crippen LogP contribution < -0.4 is 0 Å². The maximum absolute atomic E-state index is 10.6. The Morgan fingerprint density at radius 2 is 1.86 bits per heavy atom. The SMILES string of the molecule is C=CC(CCCCCC(C)C)C(=O)O. The molecule has 0 fully saturated rings.